The Morgan fingerprint density at radius 2 is 2.13 bits per heavy atom. The van der Waals surface area contributed by atoms with Gasteiger partial charge in [0.05, 0.1) is 4.92 Å². The van der Waals surface area contributed by atoms with Crippen LogP contribution in [-0.4, -0.2) is 21.4 Å². The highest BCUT2D eigenvalue weighted by atomic mass is 19.1. The summed E-state index contributed by atoms with van der Waals surface area (Å²) < 4.78 is 13.3. The predicted molar refractivity (Wildman–Crippen MR) is 86.1 cm³/mol. The molecule has 1 aromatic carbocycles. The van der Waals surface area contributed by atoms with Gasteiger partial charge in [0.25, 0.3) is 0 Å². The van der Waals surface area contributed by atoms with Crippen molar-refractivity contribution in [2.24, 2.45) is 5.92 Å². The number of benzene rings is 1. The Balaban J connectivity index is 2.39. The molecule has 2 rings (SSSR count). The SMILES string of the molecule is CC(C)CNc1nc(N)c([N+](=O)[O-])c(Nc2cccc(F)c2)n1. The van der Waals surface area contributed by atoms with Crippen molar-refractivity contribution in [1.82, 2.24) is 9.97 Å². The molecule has 0 unspecified atom stereocenters. The van der Waals surface area contributed by atoms with Crippen LogP contribution in [-0.2, 0) is 0 Å². The first-order valence-electron chi connectivity index (χ1n) is 6.95. The third-order valence-electron chi connectivity index (χ3n) is 2.85. The van der Waals surface area contributed by atoms with E-state index in [2.05, 4.69) is 20.6 Å². The van der Waals surface area contributed by atoms with E-state index >= 15 is 0 Å². The number of nitrogen functional groups attached to an aromatic ring is 1. The minimum atomic E-state index is -0.677. The van der Waals surface area contributed by atoms with Crippen LogP contribution in [0.1, 0.15) is 13.8 Å². The van der Waals surface area contributed by atoms with Crippen LogP contribution >= 0.6 is 0 Å². The van der Waals surface area contributed by atoms with Crippen molar-refractivity contribution in [3.05, 3.63) is 40.2 Å². The first-order chi connectivity index (χ1) is 10.9. The quantitative estimate of drug-likeness (QED) is 0.553. The Bertz CT molecular complexity index is 722. The topological polar surface area (TPSA) is 119 Å². The number of nitrogens with one attached hydrogen (secondary N) is 2. The maximum absolute atomic E-state index is 13.3. The van der Waals surface area contributed by atoms with Crippen LogP contribution in [0.15, 0.2) is 24.3 Å². The molecule has 0 aliphatic rings. The first kappa shape index (κ1) is 16.4. The lowest BCUT2D eigenvalue weighted by Crippen LogP contribution is -2.14. The fraction of sp³-hybridized carbons (Fsp3) is 0.286. The van der Waals surface area contributed by atoms with E-state index in [0.717, 1.165) is 0 Å². The lowest BCUT2D eigenvalue weighted by molar-refractivity contribution is -0.383. The van der Waals surface area contributed by atoms with Crippen LogP contribution in [0.4, 0.5) is 33.3 Å². The van der Waals surface area contributed by atoms with Gasteiger partial charge in [0, 0.05) is 12.2 Å². The number of hydrogen-bond donors (Lipinski definition) is 3. The third-order valence-corrected chi connectivity index (χ3v) is 2.85. The van der Waals surface area contributed by atoms with Crippen LogP contribution in [0.3, 0.4) is 0 Å². The molecular weight excluding hydrogens is 303 g/mol. The molecule has 4 N–H and O–H groups in total. The van der Waals surface area contributed by atoms with Gasteiger partial charge in [-0.25, -0.2) is 4.39 Å². The second kappa shape index (κ2) is 6.86. The number of nitro groups is 1. The summed E-state index contributed by atoms with van der Waals surface area (Å²) in [6.45, 7) is 4.57. The van der Waals surface area contributed by atoms with Gasteiger partial charge in [0.2, 0.25) is 17.6 Å². The molecule has 9 heteroatoms. The molecule has 0 saturated heterocycles. The summed E-state index contributed by atoms with van der Waals surface area (Å²) in [6, 6.07) is 5.51. The summed E-state index contributed by atoms with van der Waals surface area (Å²) in [7, 11) is 0. The average molecular weight is 320 g/mol. The summed E-state index contributed by atoms with van der Waals surface area (Å²) in [4.78, 5) is 18.5. The Labute approximate surface area is 132 Å². The fourth-order valence-electron chi connectivity index (χ4n) is 1.82. The zero-order chi connectivity index (χ0) is 17.0. The van der Waals surface area contributed by atoms with Crippen LogP contribution in [0, 0.1) is 21.8 Å². The van der Waals surface area contributed by atoms with Gasteiger partial charge in [-0.05, 0) is 24.1 Å². The smallest absolute Gasteiger partial charge is 0.353 e. The van der Waals surface area contributed by atoms with Crippen LogP contribution < -0.4 is 16.4 Å². The molecule has 122 valence electrons. The van der Waals surface area contributed by atoms with Crippen molar-refractivity contribution >= 4 is 29.0 Å². The number of anilines is 4. The van der Waals surface area contributed by atoms with Gasteiger partial charge < -0.3 is 16.4 Å². The van der Waals surface area contributed by atoms with Crippen molar-refractivity contribution in [2.45, 2.75) is 13.8 Å². The molecule has 0 amide bonds. The van der Waals surface area contributed by atoms with E-state index in [-0.39, 0.29) is 17.6 Å². The third kappa shape index (κ3) is 4.25. The monoisotopic (exact) mass is 320 g/mol. The Hall–Kier alpha value is -2.97. The van der Waals surface area contributed by atoms with Crippen molar-refractivity contribution in [2.75, 3.05) is 22.9 Å². The summed E-state index contributed by atoms with van der Waals surface area (Å²) in [6.07, 6.45) is 0. The molecule has 0 aliphatic carbocycles. The van der Waals surface area contributed by atoms with Crippen LogP contribution in [0.2, 0.25) is 0 Å². The Kier molecular flexibility index (Phi) is 4.89. The van der Waals surface area contributed by atoms with Gasteiger partial charge in [-0.15, -0.1) is 0 Å². The van der Waals surface area contributed by atoms with Crippen molar-refractivity contribution in [3.8, 4) is 0 Å². The molecule has 0 spiro atoms. The molecule has 8 nitrogen and oxygen atoms in total. The minimum Gasteiger partial charge on any atom is -0.378 e. The minimum absolute atomic E-state index is 0.0978. The van der Waals surface area contributed by atoms with Gasteiger partial charge in [0.15, 0.2) is 0 Å². The number of hydrogen-bond acceptors (Lipinski definition) is 7. The van der Waals surface area contributed by atoms with E-state index in [4.69, 9.17) is 5.73 Å². The number of nitrogens with two attached hydrogens (primary N) is 1. The second-order valence-electron chi connectivity index (χ2n) is 5.30. The summed E-state index contributed by atoms with van der Waals surface area (Å²) >= 11 is 0. The molecule has 0 bridgehead atoms. The van der Waals surface area contributed by atoms with Gasteiger partial charge in [-0.2, -0.15) is 9.97 Å². The second-order valence-corrected chi connectivity index (χ2v) is 5.30. The number of nitrogens with zero attached hydrogens (tertiary/aromatic N) is 3. The zero-order valence-corrected chi connectivity index (χ0v) is 12.7. The van der Waals surface area contributed by atoms with Crippen molar-refractivity contribution < 1.29 is 9.31 Å². The molecule has 0 fully saturated rings. The highest BCUT2D eigenvalue weighted by molar-refractivity contribution is 5.74. The van der Waals surface area contributed by atoms with E-state index in [9.17, 15) is 14.5 Å². The normalized spacial score (nSPS) is 10.6. The van der Waals surface area contributed by atoms with E-state index in [1.54, 1.807) is 6.07 Å². The first-order valence-corrected chi connectivity index (χ1v) is 6.95. The molecule has 1 heterocycles. The maximum atomic E-state index is 13.3. The lowest BCUT2D eigenvalue weighted by Gasteiger charge is -2.11. The van der Waals surface area contributed by atoms with E-state index in [1.807, 2.05) is 13.8 Å². The molecule has 0 radical (unpaired) electrons. The predicted octanol–water partition coefficient (Wildman–Crippen LogP) is 2.92. The molecule has 0 saturated carbocycles. The maximum Gasteiger partial charge on any atom is 0.353 e. The molecule has 0 aliphatic heterocycles. The average Bonchev–Trinajstić information content (AvgIpc) is 2.44. The van der Waals surface area contributed by atoms with E-state index < -0.39 is 16.4 Å². The van der Waals surface area contributed by atoms with Gasteiger partial charge >= 0.3 is 5.69 Å². The van der Waals surface area contributed by atoms with Gasteiger partial charge in [0.1, 0.15) is 5.82 Å². The molecule has 23 heavy (non-hydrogen) atoms. The largest absolute Gasteiger partial charge is 0.378 e. The molecular formula is C14H17FN6O2. The summed E-state index contributed by atoms with van der Waals surface area (Å²) in [5, 5.41) is 16.8. The highest BCUT2D eigenvalue weighted by Crippen LogP contribution is 2.31. The number of aromatic nitrogens is 2. The molecule has 1 aromatic heterocycles. The Morgan fingerprint density at radius 3 is 2.74 bits per heavy atom. The van der Waals surface area contributed by atoms with E-state index in [0.29, 0.717) is 18.2 Å². The fourth-order valence-corrected chi connectivity index (χ4v) is 1.82. The van der Waals surface area contributed by atoms with Gasteiger partial charge in [-0.1, -0.05) is 19.9 Å². The van der Waals surface area contributed by atoms with Crippen LogP contribution in [0.25, 0.3) is 0 Å². The number of rotatable bonds is 6. The Morgan fingerprint density at radius 1 is 1.39 bits per heavy atom. The summed E-state index contributed by atoms with van der Waals surface area (Å²) in [5.74, 6) is -0.345. The van der Waals surface area contributed by atoms with Crippen molar-refractivity contribution in [1.29, 1.82) is 0 Å². The standard InChI is InChI=1S/C14H17FN6O2/c1-8(2)7-17-14-19-12(16)11(21(22)23)13(20-14)18-10-5-3-4-9(15)6-10/h3-6,8H,7H2,1-2H3,(H4,16,17,18,19,20). The molecule has 2 aromatic rings. The van der Waals surface area contributed by atoms with E-state index in [1.165, 1.54) is 18.2 Å². The zero-order valence-electron chi connectivity index (χ0n) is 12.7. The highest BCUT2D eigenvalue weighted by Gasteiger charge is 2.23. The van der Waals surface area contributed by atoms with Crippen LogP contribution in [0.5, 0.6) is 0 Å². The summed E-state index contributed by atoms with van der Waals surface area (Å²) in [5.41, 5.74) is 5.53. The molecule has 0 atom stereocenters. The van der Waals surface area contributed by atoms with Crippen molar-refractivity contribution in [3.63, 3.8) is 0 Å². The lowest BCUT2D eigenvalue weighted by atomic mass is 10.2. The number of halogens is 1. The van der Waals surface area contributed by atoms with Gasteiger partial charge in [-0.3, -0.25) is 10.1 Å².